The lowest BCUT2D eigenvalue weighted by Crippen LogP contribution is -2.45. The third-order valence-corrected chi connectivity index (χ3v) is 9.56. The van der Waals surface area contributed by atoms with Crippen molar-refractivity contribution >= 4 is 21.8 Å². The van der Waals surface area contributed by atoms with Crippen LogP contribution >= 0.6 is 0 Å². The number of rotatable bonds is 6. The number of para-hydroxylation sites is 1. The van der Waals surface area contributed by atoms with Crippen LogP contribution in [0, 0.1) is 23.7 Å². The predicted octanol–water partition coefficient (Wildman–Crippen LogP) is 8.98. The number of aromatic nitrogens is 1. The van der Waals surface area contributed by atoms with Crippen molar-refractivity contribution in [3.63, 3.8) is 0 Å². The second kappa shape index (κ2) is 8.59. The highest BCUT2D eigenvalue weighted by molar-refractivity contribution is 6.10. The molecule has 34 heavy (non-hydrogen) atoms. The molecule has 5 rings (SSSR count). The van der Waals surface area contributed by atoms with Crippen LogP contribution in [-0.2, 0) is 18.4 Å². The van der Waals surface area contributed by atoms with Gasteiger partial charge in [-0.15, -0.1) is 0 Å². The quantitative estimate of drug-likeness (QED) is 0.276. The van der Waals surface area contributed by atoms with E-state index in [9.17, 15) is 0 Å². The van der Waals surface area contributed by atoms with E-state index in [-0.39, 0.29) is 5.41 Å². The highest BCUT2D eigenvalue weighted by Crippen LogP contribution is 2.55. The molecule has 0 amide bonds. The van der Waals surface area contributed by atoms with Crippen LogP contribution in [0.25, 0.3) is 21.8 Å². The van der Waals surface area contributed by atoms with E-state index < -0.39 is 0 Å². The highest BCUT2D eigenvalue weighted by atomic mass is 15.0. The zero-order valence-electron chi connectivity index (χ0n) is 22.2. The van der Waals surface area contributed by atoms with Gasteiger partial charge in [-0.3, -0.25) is 0 Å². The summed E-state index contributed by atoms with van der Waals surface area (Å²) < 4.78 is 2.64. The average molecular weight is 452 g/mol. The smallest absolute Gasteiger partial charge is 0.0539 e. The van der Waals surface area contributed by atoms with Gasteiger partial charge in [0.05, 0.1) is 5.52 Å². The molecular weight excluding hydrogens is 410 g/mol. The van der Waals surface area contributed by atoms with Gasteiger partial charge in [0.25, 0.3) is 0 Å². The fourth-order valence-electron chi connectivity index (χ4n) is 7.35. The molecule has 1 aliphatic rings. The third-order valence-electron chi connectivity index (χ3n) is 9.56. The summed E-state index contributed by atoms with van der Waals surface area (Å²) in [6.45, 7) is 18.1. The Kier molecular flexibility index (Phi) is 5.87. The first kappa shape index (κ1) is 23.2. The van der Waals surface area contributed by atoms with Gasteiger partial charge >= 0.3 is 0 Å². The Morgan fingerprint density at radius 3 is 2.24 bits per heavy atom. The Hall–Kier alpha value is -2.54. The van der Waals surface area contributed by atoms with Gasteiger partial charge in [0.2, 0.25) is 0 Å². The van der Waals surface area contributed by atoms with E-state index in [2.05, 4.69) is 114 Å². The van der Waals surface area contributed by atoms with Crippen molar-refractivity contribution in [1.82, 2.24) is 4.57 Å². The van der Waals surface area contributed by atoms with E-state index in [4.69, 9.17) is 0 Å². The SMILES string of the molecule is CCc1ccc2c3ccccc3n3c2c1C(C(C)C)([C@@H](C)[C@@H](C)[C@@H](C)CC)c1ccccc1C3. The van der Waals surface area contributed by atoms with E-state index in [0.29, 0.717) is 23.7 Å². The molecule has 3 aromatic carbocycles. The van der Waals surface area contributed by atoms with Gasteiger partial charge in [0, 0.05) is 28.2 Å². The molecule has 0 fully saturated rings. The minimum absolute atomic E-state index is 0.0348. The Labute approximate surface area is 206 Å². The lowest BCUT2D eigenvalue weighted by molar-refractivity contribution is 0.151. The number of hydrogen-bond acceptors (Lipinski definition) is 0. The van der Waals surface area contributed by atoms with Crippen LogP contribution in [0.5, 0.6) is 0 Å². The fourth-order valence-corrected chi connectivity index (χ4v) is 7.35. The summed E-state index contributed by atoms with van der Waals surface area (Å²) in [6.07, 6.45) is 2.29. The number of fused-ring (bicyclic) bond motifs is 4. The van der Waals surface area contributed by atoms with Gasteiger partial charge in [-0.25, -0.2) is 0 Å². The topological polar surface area (TPSA) is 4.93 Å². The molecule has 178 valence electrons. The molecule has 0 saturated heterocycles. The van der Waals surface area contributed by atoms with Crippen molar-refractivity contribution in [1.29, 1.82) is 0 Å². The molecule has 4 atom stereocenters. The van der Waals surface area contributed by atoms with Gasteiger partial charge < -0.3 is 4.57 Å². The van der Waals surface area contributed by atoms with Gasteiger partial charge in [0.1, 0.15) is 0 Å². The van der Waals surface area contributed by atoms with Crippen molar-refractivity contribution in [2.75, 3.05) is 0 Å². The molecule has 0 saturated carbocycles. The predicted molar refractivity (Wildman–Crippen MR) is 148 cm³/mol. The van der Waals surface area contributed by atoms with Crippen LogP contribution in [-0.4, -0.2) is 4.57 Å². The monoisotopic (exact) mass is 451 g/mol. The van der Waals surface area contributed by atoms with Crippen molar-refractivity contribution < 1.29 is 0 Å². The van der Waals surface area contributed by atoms with E-state index >= 15 is 0 Å². The second-order valence-corrected chi connectivity index (χ2v) is 11.2. The lowest BCUT2D eigenvalue weighted by Gasteiger charge is -2.49. The summed E-state index contributed by atoms with van der Waals surface area (Å²) in [6, 6.07) is 23.3. The van der Waals surface area contributed by atoms with Crippen LogP contribution in [0.2, 0.25) is 0 Å². The Balaban J connectivity index is 2.01. The molecule has 1 nitrogen and oxygen atoms in total. The van der Waals surface area contributed by atoms with Crippen molar-refractivity contribution in [2.45, 2.75) is 73.3 Å². The minimum Gasteiger partial charge on any atom is -0.336 e. The standard InChI is InChI=1S/C33H41N/c1-8-22(5)23(6)24(7)33(21(3)4)29-16-12-10-14-26(29)20-34-30-17-13-11-15-27(30)28-19-18-25(9-2)31(33)32(28)34/h10-19,21-24H,8-9,20H2,1-7H3/t22-,23-,24-,33?/m0/s1. The Bertz CT molecular complexity index is 1340. The zero-order chi connectivity index (χ0) is 24.2. The molecule has 1 aliphatic heterocycles. The number of nitrogens with zero attached hydrogens (tertiary/aromatic N) is 1. The molecule has 0 spiro atoms. The van der Waals surface area contributed by atoms with Gasteiger partial charge in [-0.2, -0.15) is 0 Å². The number of benzene rings is 3. The highest BCUT2D eigenvalue weighted by Gasteiger charge is 2.49. The average Bonchev–Trinajstić information content (AvgIpc) is 3.09. The summed E-state index contributed by atoms with van der Waals surface area (Å²) in [5.74, 6) is 2.31. The summed E-state index contributed by atoms with van der Waals surface area (Å²) in [4.78, 5) is 0. The normalized spacial score (nSPS) is 20.4. The van der Waals surface area contributed by atoms with E-state index in [1.807, 2.05) is 0 Å². The molecule has 1 aromatic heterocycles. The largest absolute Gasteiger partial charge is 0.336 e. The van der Waals surface area contributed by atoms with Gasteiger partial charge in [-0.1, -0.05) is 109 Å². The maximum absolute atomic E-state index is 2.64. The maximum atomic E-state index is 2.64. The lowest BCUT2D eigenvalue weighted by atomic mass is 9.54. The van der Waals surface area contributed by atoms with E-state index in [0.717, 1.165) is 13.0 Å². The Morgan fingerprint density at radius 2 is 1.53 bits per heavy atom. The maximum Gasteiger partial charge on any atom is 0.0539 e. The van der Waals surface area contributed by atoms with Crippen molar-refractivity contribution in [2.24, 2.45) is 23.7 Å². The minimum atomic E-state index is -0.0348. The molecule has 0 N–H and O–H groups in total. The van der Waals surface area contributed by atoms with E-state index in [1.54, 1.807) is 11.1 Å². The van der Waals surface area contributed by atoms with Crippen molar-refractivity contribution in [3.05, 3.63) is 82.9 Å². The van der Waals surface area contributed by atoms with Gasteiger partial charge in [-0.05, 0) is 58.4 Å². The summed E-state index contributed by atoms with van der Waals surface area (Å²) in [5.41, 5.74) is 8.98. The summed E-state index contributed by atoms with van der Waals surface area (Å²) in [5, 5.41) is 2.81. The van der Waals surface area contributed by atoms with Crippen LogP contribution in [0.4, 0.5) is 0 Å². The molecule has 0 aliphatic carbocycles. The molecule has 4 aromatic rings. The number of aryl methyl sites for hydroxylation is 1. The Morgan fingerprint density at radius 1 is 0.824 bits per heavy atom. The first-order valence-corrected chi connectivity index (χ1v) is 13.5. The van der Waals surface area contributed by atoms with E-state index in [1.165, 1.54) is 39.4 Å². The van der Waals surface area contributed by atoms with Crippen molar-refractivity contribution in [3.8, 4) is 0 Å². The van der Waals surface area contributed by atoms with Crippen LogP contribution in [0.3, 0.4) is 0 Å². The fraction of sp³-hybridized carbons (Fsp3) is 0.455. The molecule has 1 heteroatoms. The van der Waals surface area contributed by atoms with Crippen LogP contribution in [0.15, 0.2) is 60.7 Å². The molecule has 0 radical (unpaired) electrons. The number of hydrogen-bond donors (Lipinski definition) is 0. The van der Waals surface area contributed by atoms with Crippen LogP contribution in [0.1, 0.15) is 77.1 Å². The van der Waals surface area contributed by atoms with Crippen LogP contribution < -0.4 is 0 Å². The second-order valence-electron chi connectivity index (χ2n) is 11.2. The first-order valence-electron chi connectivity index (χ1n) is 13.5. The first-order chi connectivity index (χ1) is 16.4. The van der Waals surface area contributed by atoms with Gasteiger partial charge in [0.15, 0.2) is 0 Å². The molecule has 0 bridgehead atoms. The molecular formula is C33H41N. The summed E-state index contributed by atoms with van der Waals surface area (Å²) >= 11 is 0. The zero-order valence-corrected chi connectivity index (χ0v) is 22.2. The molecule has 1 unspecified atom stereocenters. The molecule has 2 heterocycles. The summed E-state index contributed by atoms with van der Waals surface area (Å²) in [7, 11) is 0. The third kappa shape index (κ3) is 3.05.